The highest BCUT2D eigenvalue weighted by molar-refractivity contribution is 7.99. The number of methoxy groups -OCH3 is 1. The van der Waals surface area contributed by atoms with E-state index >= 15 is 0 Å². The fraction of sp³-hybridized carbons (Fsp3) is 0.500. The number of ether oxygens (including phenoxy) is 1. The van der Waals surface area contributed by atoms with Crippen molar-refractivity contribution in [2.75, 3.05) is 19.4 Å². The summed E-state index contributed by atoms with van der Waals surface area (Å²) in [6.45, 7) is 1.18. The van der Waals surface area contributed by atoms with Crippen LogP contribution in [0.15, 0.2) is 29.2 Å². The SMILES string of the molecule is COc1ccccc1SCC1CCCN1.Cl. The van der Waals surface area contributed by atoms with Gasteiger partial charge in [0, 0.05) is 16.7 Å². The Labute approximate surface area is 108 Å². The monoisotopic (exact) mass is 259 g/mol. The zero-order valence-electron chi connectivity index (χ0n) is 9.44. The van der Waals surface area contributed by atoms with E-state index in [-0.39, 0.29) is 12.4 Å². The number of benzene rings is 1. The summed E-state index contributed by atoms with van der Waals surface area (Å²) in [5.74, 6) is 2.13. The molecule has 2 rings (SSSR count). The van der Waals surface area contributed by atoms with Gasteiger partial charge in [0.05, 0.1) is 7.11 Å². The third-order valence-electron chi connectivity index (χ3n) is 2.67. The highest BCUT2D eigenvalue weighted by Gasteiger charge is 2.14. The van der Waals surface area contributed by atoms with Crippen LogP contribution in [0.4, 0.5) is 0 Å². The third kappa shape index (κ3) is 3.58. The molecule has 0 saturated carbocycles. The third-order valence-corrected chi connectivity index (χ3v) is 3.89. The molecule has 16 heavy (non-hydrogen) atoms. The van der Waals surface area contributed by atoms with E-state index in [1.54, 1.807) is 7.11 Å². The molecule has 0 bridgehead atoms. The van der Waals surface area contributed by atoms with Crippen molar-refractivity contribution in [3.05, 3.63) is 24.3 Å². The van der Waals surface area contributed by atoms with Gasteiger partial charge in [-0.3, -0.25) is 0 Å². The number of para-hydroxylation sites is 1. The normalized spacial score (nSPS) is 19.2. The molecule has 1 saturated heterocycles. The largest absolute Gasteiger partial charge is 0.496 e. The first-order valence-corrected chi connectivity index (χ1v) is 6.38. The molecule has 1 atom stereocenters. The Morgan fingerprint density at radius 2 is 2.25 bits per heavy atom. The van der Waals surface area contributed by atoms with Gasteiger partial charge >= 0.3 is 0 Å². The van der Waals surface area contributed by atoms with E-state index in [9.17, 15) is 0 Å². The quantitative estimate of drug-likeness (QED) is 0.840. The molecule has 0 aromatic heterocycles. The zero-order chi connectivity index (χ0) is 10.5. The average Bonchev–Trinajstić information content (AvgIpc) is 2.79. The van der Waals surface area contributed by atoms with Crippen LogP contribution in [0.25, 0.3) is 0 Å². The first-order chi connectivity index (χ1) is 7.40. The van der Waals surface area contributed by atoms with Gasteiger partial charge in [0.25, 0.3) is 0 Å². The molecule has 4 heteroatoms. The van der Waals surface area contributed by atoms with Crippen LogP contribution in [0.5, 0.6) is 5.75 Å². The number of hydrogen-bond donors (Lipinski definition) is 1. The molecule has 90 valence electrons. The topological polar surface area (TPSA) is 21.3 Å². The number of halogens is 1. The van der Waals surface area contributed by atoms with Crippen LogP contribution >= 0.6 is 24.2 Å². The first kappa shape index (κ1) is 13.7. The molecule has 1 aliphatic heterocycles. The molecule has 1 aromatic carbocycles. The molecule has 1 heterocycles. The second kappa shape index (κ2) is 7.05. The molecule has 0 radical (unpaired) electrons. The second-order valence-electron chi connectivity index (χ2n) is 3.76. The van der Waals surface area contributed by atoms with E-state index in [1.807, 2.05) is 23.9 Å². The van der Waals surface area contributed by atoms with Gasteiger partial charge in [-0.25, -0.2) is 0 Å². The van der Waals surface area contributed by atoms with E-state index in [0.717, 1.165) is 11.5 Å². The molecule has 1 unspecified atom stereocenters. The summed E-state index contributed by atoms with van der Waals surface area (Å²) in [6.07, 6.45) is 2.62. The lowest BCUT2D eigenvalue weighted by Gasteiger charge is -2.11. The Hall–Kier alpha value is -0.380. The maximum atomic E-state index is 5.32. The fourth-order valence-electron chi connectivity index (χ4n) is 1.83. The van der Waals surface area contributed by atoms with E-state index in [1.165, 1.54) is 24.3 Å². The molecule has 0 aliphatic carbocycles. The molecule has 1 N–H and O–H groups in total. The zero-order valence-corrected chi connectivity index (χ0v) is 11.1. The van der Waals surface area contributed by atoms with Gasteiger partial charge in [-0.05, 0) is 31.5 Å². The molecule has 2 nitrogen and oxygen atoms in total. The Morgan fingerprint density at radius 1 is 1.44 bits per heavy atom. The van der Waals surface area contributed by atoms with Crippen LogP contribution in [-0.2, 0) is 0 Å². The van der Waals surface area contributed by atoms with Crippen molar-refractivity contribution in [1.82, 2.24) is 5.32 Å². The van der Waals surface area contributed by atoms with Crippen molar-refractivity contribution < 1.29 is 4.74 Å². The summed E-state index contributed by atoms with van der Waals surface area (Å²) in [7, 11) is 1.73. The minimum Gasteiger partial charge on any atom is -0.496 e. The predicted molar refractivity (Wildman–Crippen MR) is 72.0 cm³/mol. The Bertz CT molecular complexity index is 316. The van der Waals surface area contributed by atoms with Crippen molar-refractivity contribution in [3.8, 4) is 5.75 Å². The Morgan fingerprint density at radius 3 is 2.94 bits per heavy atom. The van der Waals surface area contributed by atoms with Crippen molar-refractivity contribution in [2.24, 2.45) is 0 Å². The van der Waals surface area contributed by atoms with Crippen LogP contribution in [0.3, 0.4) is 0 Å². The van der Waals surface area contributed by atoms with E-state index in [4.69, 9.17) is 4.74 Å². The average molecular weight is 260 g/mol. The predicted octanol–water partition coefficient (Wildman–Crippen LogP) is 2.96. The lowest BCUT2D eigenvalue weighted by atomic mass is 10.3. The Balaban J connectivity index is 0.00000128. The van der Waals surface area contributed by atoms with Crippen LogP contribution in [0.2, 0.25) is 0 Å². The van der Waals surface area contributed by atoms with Gasteiger partial charge in [0.2, 0.25) is 0 Å². The van der Waals surface area contributed by atoms with Crippen LogP contribution in [-0.4, -0.2) is 25.4 Å². The highest BCUT2D eigenvalue weighted by Crippen LogP contribution is 2.29. The molecular weight excluding hydrogens is 242 g/mol. The van der Waals surface area contributed by atoms with Crippen molar-refractivity contribution in [3.63, 3.8) is 0 Å². The van der Waals surface area contributed by atoms with Gasteiger partial charge in [-0.1, -0.05) is 12.1 Å². The maximum Gasteiger partial charge on any atom is 0.132 e. The number of hydrogen-bond acceptors (Lipinski definition) is 3. The summed E-state index contributed by atoms with van der Waals surface area (Å²) in [5, 5.41) is 3.50. The minimum atomic E-state index is 0. The minimum absolute atomic E-state index is 0. The Kier molecular flexibility index (Phi) is 6.03. The standard InChI is InChI=1S/C12H17NOS.ClH/c1-14-11-6-2-3-7-12(11)15-9-10-5-4-8-13-10;/h2-3,6-7,10,13H,4-5,8-9H2,1H3;1H. The van der Waals surface area contributed by atoms with E-state index in [0.29, 0.717) is 6.04 Å². The summed E-state index contributed by atoms with van der Waals surface area (Å²) in [5.41, 5.74) is 0. The molecule has 1 aliphatic rings. The van der Waals surface area contributed by atoms with Crippen molar-refractivity contribution >= 4 is 24.2 Å². The fourth-order valence-corrected chi connectivity index (χ4v) is 2.96. The lowest BCUT2D eigenvalue weighted by Crippen LogP contribution is -2.23. The van der Waals surface area contributed by atoms with Crippen LogP contribution in [0, 0.1) is 0 Å². The molecule has 0 amide bonds. The highest BCUT2D eigenvalue weighted by atomic mass is 35.5. The second-order valence-corrected chi connectivity index (χ2v) is 4.82. The van der Waals surface area contributed by atoms with Crippen molar-refractivity contribution in [1.29, 1.82) is 0 Å². The molecule has 1 aromatic rings. The van der Waals surface area contributed by atoms with E-state index < -0.39 is 0 Å². The van der Waals surface area contributed by atoms with Gasteiger partial charge in [0.15, 0.2) is 0 Å². The smallest absolute Gasteiger partial charge is 0.132 e. The van der Waals surface area contributed by atoms with Crippen LogP contribution < -0.4 is 10.1 Å². The number of thioether (sulfide) groups is 1. The summed E-state index contributed by atoms with van der Waals surface area (Å²) >= 11 is 1.88. The van der Waals surface area contributed by atoms with Gasteiger partial charge in [0.1, 0.15) is 5.75 Å². The summed E-state index contributed by atoms with van der Waals surface area (Å²) < 4.78 is 5.32. The van der Waals surface area contributed by atoms with Gasteiger partial charge in [-0.15, -0.1) is 24.2 Å². The molecule has 1 fully saturated rings. The van der Waals surface area contributed by atoms with Crippen LogP contribution in [0.1, 0.15) is 12.8 Å². The van der Waals surface area contributed by atoms with E-state index in [2.05, 4.69) is 17.4 Å². The summed E-state index contributed by atoms with van der Waals surface area (Å²) in [6, 6.07) is 8.90. The number of rotatable bonds is 4. The molecule has 0 spiro atoms. The van der Waals surface area contributed by atoms with Gasteiger partial charge < -0.3 is 10.1 Å². The first-order valence-electron chi connectivity index (χ1n) is 5.39. The van der Waals surface area contributed by atoms with Crippen molar-refractivity contribution in [2.45, 2.75) is 23.8 Å². The lowest BCUT2D eigenvalue weighted by molar-refractivity contribution is 0.405. The molecular formula is C12H18ClNOS. The maximum absolute atomic E-state index is 5.32. The summed E-state index contributed by atoms with van der Waals surface area (Å²) in [4.78, 5) is 1.24. The van der Waals surface area contributed by atoms with Gasteiger partial charge in [-0.2, -0.15) is 0 Å². The number of nitrogens with one attached hydrogen (secondary N) is 1.